The molecule has 1 fully saturated rings. The Morgan fingerprint density at radius 1 is 1.33 bits per heavy atom. The van der Waals surface area contributed by atoms with E-state index in [9.17, 15) is 18.0 Å². The van der Waals surface area contributed by atoms with Gasteiger partial charge in [0.1, 0.15) is 0 Å². The van der Waals surface area contributed by atoms with Crippen molar-refractivity contribution >= 4 is 23.1 Å². The third-order valence-corrected chi connectivity index (χ3v) is 3.51. The number of hydrogen-bond acceptors (Lipinski definition) is 2. The number of halogens is 3. The molecule has 1 amide bonds. The van der Waals surface area contributed by atoms with Gasteiger partial charge in [0.25, 0.3) is 5.91 Å². The Labute approximate surface area is 125 Å². The molecule has 0 aromatic heterocycles. The van der Waals surface area contributed by atoms with Crippen LogP contribution in [0.5, 0.6) is 0 Å². The van der Waals surface area contributed by atoms with Crippen LogP contribution in [0.2, 0.25) is 0 Å². The van der Waals surface area contributed by atoms with Crippen molar-refractivity contribution in [2.24, 2.45) is 5.73 Å². The minimum Gasteiger partial charge on any atom is -0.393 e. The van der Waals surface area contributed by atoms with E-state index in [0.717, 1.165) is 18.9 Å². The highest BCUT2D eigenvalue weighted by atomic mass is 32.1. The molecule has 0 unspecified atom stereocenters. The van der Waals surface area contributed by atoms with Gasteiger partial charge in [0.2, 0.25) is 0 Å². The van der Waals surface area contributed by atoms with Crippen LogP contribution in [0, 0.1) is 0 Å². The van der Waals surface area contributed by atoms with Crippen LogP contribution in [-0.2, 0) is 6.18 Å². The van der Waals surface area contributed by atoms with Gasteiger partial charge >= 0.3 is 6.18 Å². The lowest BCUT2D eigenvalue weighted by molar-refractivity contribution is -0.138. The monoisotopic (exact) mass is 316 g/mol. The zero-order chi connectivity index (χ0) is 15.6. The highest BCUT2D eigenvalue weighted by molar-refractivity contribution is 7.80. The van der Waals surface area contributed by atoms with E-state index >= 15 is 0 Å². The fraction of sp³-hybridized carbons (Fsp3) is 0.429. The summed E-state index contributed by atoms with van der Waals surface area (Å²) in [4.78, 5) is 14.1. The molecule has 1 aromatic rings. The molecular formula is C14H15F3N2OS. The van der Waals surface area contributed by atoms with Crippen LogP contribution in [0.15, 0.2) is 24.3 Å². The molecule has 0 atom stereocenters. The van der Waals surface area contributed by atoms with Crippen molar-refractivity contribution in [3.05, 3.63) is 35.4 Å². The summed E-state index contributed by atoms with van der Waals surface area (Å²) in [6, 6.07) is 4.83. The third-order valence-electron chi connectivity index (χ3n) is 3.31. The van der Waals surface area contributed by atoms with E-state index in [1.165, 1.54) is 23.1 Å². The van der Waals surface area contributed by atoms with Crippen molar-refractivity contribution < 1.29 is 18.0 Å². The molecular weight excluding hydrogens is 301 g/mol. The van der Waals surface area contributed by atoms with E-state index in [2.05, 4.69) is 0 Å². The summed E-state index contributed by atoms with van der Waals surface area (Å²) in [6.07, 6.45) is -2.63. The molecule has 1 aliphatic rings. The summed E-state index contributed by atoms with van der Waals surface area (Å²) in [7, 11) is 0. The topological polar surface area (TPSA) is 46.3 Å². The number of nitrogens with zero attached hydrogens (tertiary/aromatic N) is 1. The highest BCUT2D eigenvalue weighted by Gasteiger charge is 2.38. The number of hydrogen-bond donors (Lipinski definition) is 1. The molecule has 0 saturated heterocycles. The van der Waals surface area contributed by atoms with Crippen molar-refractivity contribution in [2.45, 2.75) is 31.5 Å². The van der Waals surface area contributed by atoms with Crippen molar-refractivity contribution in [3.8, 4) is 0 Å². The molecule has 7 heteroatoms. The lowest BCUT2D eigenvalue weighted by Gasteiger charge is -2.24. The lowest BCUT2D eigenvalue weighted by atomic mass is 10.1. The second-order valence-corrected chi connectivity index (χ2v) is 5.51. The average Bonchev–Trinajstić information content (AvgIpc) is 3.22. The minimum atomic E-state index is -4.55. The Balaban J connectivity index is 2.27. The van der Waals surface area contributed by atoms with Crippen molar-refractivity contribution in [1.29, 1.82) is 0 Å². The first kappa shape index (κ1) is 15.8. The Kier molecular flexibility index (Phi) is 4.51. The van der Waals surface area contributed by atoms with E-state index in [0.29, 0.717) is 6.42 Å². The van der Waals surface area contributed by atoms with Crippen molar-refractivity contribution in [2.75, 3.05) is 6.54 Å². The summed E-state index contributed by atoms with van der Waals surface area (Å²) in [5.41, 5.74) is 4.19. The maximum atomic E-state index is 13.0. The van der Waals surface area contributed by atoms with E-state index < -0.39 is 17.6 Å². The molecule has 21 heavy (non-hydrogen) atoms. The zero-order valence-corrected chi connectivity index (χ0v) is 12.0. The number of carbonyl (C=O) groups is 1. The van der Waals surface area contributed by atoms with Crippen LogP contribution in [0.4, 0.5) is 13.2 Å². The van der Waals surface area contributed by atoms with E-state index in [1.54, 1.807) is 0 Å². The van der Waals surface area contributed by atoms with Gasteiger partial charge in [0.05, 0.1) is 16.1 Å². The molecule has 0 radical (unpaired) electrons. The van der Waals surface area contributed by atoms with Gasteiger partial charge in [-0.2, -0.15) is 13.2 Å². The second-order valence-electron chi connectivity index (χ2n) is 4.99. The smallest absolute Gasteiger partial charge is 0.393 e. The number of rotatable bonds is 5. The Morgan fingerprint density at radius 3 is 2.48 bits per heavy atom. The summed E-state index contributed by atoms with van der Waals surface area (Å²) in [6.45, 7) is 0.255. The van der Waals surface area contributed by atoms with Crippen LogP contribution in [-0.4, -0.2) is 28.4 Å². The van der Waals surface area contributed by atoms with Gasteiger partial charge in [-0.3, -0.25) is 4.79 Å². The summed E-state index contributed by atoms with van der Waals surface area (Å²) >= 11 is 4.77. The number of nitrogens with two attached hydrogens (primary N) is 1. The summed E-state index contributed by atoms with van der Waals surface area (Å²) < 4.78 is 39.0. The van der Waals surface area contributed by atoms with Crippen molar-refractivity contribution in [3.63, 3.8) is 0 Å². The van der Waals surface area contributed by atoms with Gasteiger partial charge in [0, 0.05) is 19.0 Å². The standard InChI is InChI=1S/C14H15F3N2OS/c15-14(16,17)11-4-2-1-3-10(11)13(20)19(9-5-6-9)8-7-12(18)21/h1-4,9H,5-8H2,(H2,18,21). The Morgan fingerprint density at radius 2 is 1.95 bits per heavy atom. The van der Waals surface area contributed by atoms with Gasteiger partial charge in [-0.15, -0.1) is 0 Å². The van der Waals surface area contributed by atoms with Crippen molar-refractivity contribution in [1.82, 2.24) is 4.90 Å². The predicted octanol–water partition coefficient (Wildman–Crippen LogP) is 2.99. The molecule has 0 spiro atoms. The first-order valence-corrected chi connectivity index (χ1v) is 6.97. The van der Waals surface area contributed by atoms with Gasteiger partial charge in [0.15, 0.2) is 0 Å². The molecule has 0 bridgehead atoms. The second kappa shape index (κ2) is 6.01. The molecule has 0 heterocycles. The van der Waals surface area contributed by atoms with Crippen LogP contribution >= 0.6 is 12.2 Å². The molecule has 1 aromatic carbocycles. The summed E-state index contributed by atoms with van der Waals surface area (Å²) in [5, 5.41) is 0. The normalized spacial score (nSPS) is 14.8. The largest absolute Gasteiger partial charge is 0.417 e. The molecule has 1 saturated carbocycles. The SMILES string of the molecule is NC(=S)CCN(C(=O)c1ccccc1C(F)(F)F)C1CC1. The van der Waals surface area contributed by atoms with Gasteiger partial charge in [-0.1, -0.05) is 24.4 Å². The maximum Gasteiger partial charge on any atom is 0.417 e. The van der Waals surface area contributed by atoms with Gasteiger partial charge < -0.3 is 10.6 Å². The lowest BCUT2D eigenvalue weighted by Crippen LogP contribution is -2.36. The quantitative estimate of drug-likeness (QED) is 0.850. The number of amides is 1. The third kappa shape index (κ3) is 3.93. The van der Waals surface area contributed by atoms with E-state index in [1.807, 2.05) is 0 Å². The van der Waals surface area contributed by atoms with Crippen LogP contribution in [0.3, 0.4) is 0 Å². The number of carbonyl (C=O) groups excluding carboxylic acids is 1. The Hall–Kier alpha value is -1.63. The number of thiocarbonyl (C=S) groups is 1. The molecule has 2 N–H and O–H groups in total. The molecule has 0 aliphatic heterocycles. The number of alkyl halides is 3. The maximum absolute atomic E-state index is 13.0. The van der Waals surface area contributed by atoms with Gasteiger partial charge in [-0.25, -0.2) is 0 Å². The minimum absolute atomic E-state index is 0.00635. The molecule has 3 nitrogen and oxygen atoms in total. The Bertz CT molecular complexity index is 555. The van der Waals surface area contributed by atoms with Crippen LogP contribution < -0.4 is 5.73 Å². The first-order valence-electron chi connectivity index (χ1n) is 6.56. The van der Waals surface area contributed by atoms with Crippen LogP contribution in [0.25, 0.3) is 0 Å². The van der Waals surface area contributed by atoms with E-state index in [-0.39, 0.29) is 23.1 Å². The zero-order valence-electron chi connectivity index (χ0n) is 11.2. The molecule has 114 valence electrons. The highest BCUT2D eigenvalue weighted by Crippen LogP contribution is 2.34. The molecule has 2 rings (SSSR count). The summed E-state index contributed by atoms with van der Waals surface area (Å²) in [5.74, 6) is -0.610. The fourth-order valence-electron chi connectivity index (χ4n) is 2.14. The average molecular weight is 316 g/mol. The fourth-order valence-corrected chi connectivity index (χ4v) is 2.23. The predicted molar refractivity (Wildman–Crippen MR) is 76.9 cm³/mol. The number of benzene rings is 1. The first-order chi connectivity index (χ1) is 9.80. The van der Waals surface area contributed by atoms with Crippen LogP contribution in [0.1, 0.15) is 35.2 Å². The van der Waals surface area contributed by atoms with E-state index in [4.69, 9.17) is 18.0 Å². The molecule has 1 aliphatic carbocycles. The van der Waals surface area contributed by atoms with Gasteiger partial charge in [-0.05, 0) is 25.0 Å².